The van der Waals surface area contributed by atoms with Crippen molar-refractivity contribution in [1.29, 1.82) is 0 Å². The smallest absolute Gasteiger partial charge is 0.346 e. The highest BCUT2D eigenvalue weighted by Crippen LogP contribution is 2.20. The van der Waals surface area contributed by atoms with Crippen LogP contribution in [0, 0.1) is 6.92 Å². The maximum Gasteiger partial charge on any atom is 0.367 e. The molecule has 21 heavy (non-hydrogen) atoms. The lowest BCUT2D eigenvalue weighted by Gasteiger charge is -2.17. The van der Waals surface area contributed by atoms with Crippen LogP contribution in [0.5, 0.6) is 0 Å². The van der Waals surface area contributed by atoms with E-state index in [1.54, 1.807) is 17.8 Å². The summed E-state index contributed by atoms with van der Waals surface area (Å²) in [4.78, 5) is 26.8. The standard InChI is InChI=1S/C14H18N4O2S/c1-3-7-20-17-13(19)16-14-18(6-8-21-14)10-12-5-4-11(2)15-9-12/h3-5,9H,1,6-8,10H2,2H3,(H,17,19)/b16-14-. The molecule has 1 saturated heterocycles. The Bertz CT molecular complexity index is 530. The van der Waals surface area contributed by atoms with Gasteiger partial charge in [-0.15, -0.1) is 6.58 Å². The minimum Gasteiger partial charge on any atom is -0.346 e. The van der Waals surface area contributed by atoms with E-state index in [0.717, 1.165) is 23.6 Å². The van der Waals surface area contributed by atoms with E-state index < -0.39 is 6.03 Å². The van der Waals surface area contributed by atoms with Crippen molar-refractivity contribution in [2.75, 3.05) is 18.9 Å². The SMILES string of the molecule is C=CCONC(=O)/N=C1\SCCN1Cc1ccc(C)nc1. The predicted molar refractivity (Wildman–Crippen MR) is 84.0 cm³/mol. The van der Waals surface area contributed by atoms with E-state index in [-0.39, 0.29) is 6.61 Å². The molecule has 0 bridgehead atoms. The van der Waals surface area contributed by atoms with Crippen molar-refractivity contribution in [1.82, 2.24) is 15.4 Å². The van der Waals surface area contributed by atoms with Gasteiger partial charge in [0.2, 0.25) is 0 Å². The topological polar surface area (TPSA) is 66.8 Å². The molecular weight excluding hydrogens is 288 g/mol. The van der Waals surface area contributed by atoms with E-state index in [9.17, 15) is 4.79 Å². The summed E-state index contributed by atoms with van der Waals surface area (Å²) in [5.41, 5.74) is 4.34. The Hall–Kier alpha value is -1.86. The number of urea groups is 1. The van der Waals surface area contributed by atoms with Crippen LogP contribution >= 0.6 is 11.8 Å². The van der Waals surface area contributed by atoms with Gasteiger partial charge in [-0.05, 0) is 18.6 Å². The molecule has 2 heterocycles. The first-order valence-corrected chi connectivity index (χ1v) is 7.58. The molecule has 1 aliphatic heterocycles. The van der Waals surface area contributed by atoms with Crippen molar-refractivity contribution >= 4 is 23.0 Å². The van der Waals surface area contributed by atoms with E-state index in [4.69, 9.17) is 4.84 Å². The summed E-state index contributed by atoms with van der Waals surface area (Å²) in [5, 5.41) is 0.704. The quantitative estimate of drug-likeness (QED) is 0.513. The van der Waals surface area contributed by atoms with E-state index >= 15 is 0 Å². The summed E-state index contributed by atoms with van der Waals surface area (Å²) in [7, 11) is 0. The first-order chi connectivity index (χ1) is 10.2. The molecule has 1 fully saturated rings. The van der Waals surface area contributed by atoms with Gasteiger partial charge in [-0.1, -0.05) is 23.9 Å². The van der Waals surface area contributed by atoms with Gasteiger partial charge in [0.05, 0.1) is 6.61 Å². The second-order valence-electron chi connectivity index (χ2n) is 4.48. The number of amides is 2. The first-order valence-electron chi connectivity index (χ1n) is 6.59. The zero-order chi connectivity index (χ0) is 15.1. The minimum absolute atomic E-state index is 0.252. The fraction of sp³-hybridized carbons (Fsp3) is 0.357. The molecule has 112 valence electrons. The molecule has 0 unspecified atom stereocenters. The number of pyridine rings is 1. The van der Waals surface area contributed by atoms with Crippen molar-refractivity contribution in [2.24, 2.45) is 4.99 Å². The minimum atomic E-state index is -0.506. The molecule has 1 aromatic heterocycles. The van der Waals surface area contributed by atoms with Gasteiger partial charge in [0, 0.05) is 30.7 Å². The van der Waals surface area contributed by atoms with Gasteiger partial charge < -0.3 is 4.90 Å². The summed E-state index contributed by atoms with van der Waals surface area (Å²) < 4.78 is 0. The number of carbonyl (C=O) groups excluding carboxylic acids is 1. The molecule has 1 aliphatic rings. The highest BCUT2D eigenvalue weighted by molar-refractivity contribution is 8.14. The molecule has 6 nitrogen and oxygen atoms in total. The van der Waals surface area contributed by atoms with Crippen molar-refractivity contribution in [3.05, 3.63) is 42.2 Å². The Kier molecular flexibility index (Phi) is 5.77. The Labute approximate surface area is 128 Å². The third-order valence-corrected chi connectivity index (χ3v) is 3.76. The van der Waals surface area contributed by atoms with Gasteiger partial charge in [-0.3, -0.25) is 9.82 Å². The number of aryl methyl sites for hydroxylation is 1. The van der Waals surface area contributed by atoms with Crippen LogP contribution in [0.2, 0.25) is 0 Å². The summed E-state index contributed by atoms with van der Waals surface area (Å²) in [6.07, 6.45) is 3.40. The van der Waals surface area contributed by atoms with Crippen LogP contribution in [0.15, 0.2) is 36.0 Å². The largest absolute Gasteiger partial charge is 0.367 e. The Morgan fingerprint density at radius 3 is 3.24 bits per heavy atom. The number of nitrogens with zero attached hydrogens (tertiary/aromatic N) is 3. The molecule has 0 saturated carbocycles. The van der Waals surface area contributed by atoms with Gasteiger partial charge in [0.25, 0.3) is 0 Å². The third-order valence-electron chi connectivity index (χ3n) is 2.77. The van der Waals surface area contributed by atoms with Gasteiger partial charge in [0.15, 0.2) is 5.17 Å². The van der Waals surface area contributed by atoms with E-state index in [0.29, 0.717) is 11.7 Å². The van der Waals surface area contributed by atoms with Crippen molar-refractivity contribution < 1.29 is 9.63 Å². The molecule has 0 atom stereocenters. The number of aromatic nitrogens is 1. The number of nitrogens with one attached hydrogen (secondary N) is 1. The molecule has 2 rings (SSSR count). The van der Waals surface area contributed by atoms with Crippen LogP contribution in [-0.2, 0) is 11.4 Å². The fourth-order valence-electron chi connectivity index (χ4n) is 1.77. The van der Waals surface area contributed by atoms with Gasteiger partial charge >= 0.3 is 6.03 Å². The number of aliphatic imine (C=N–C) groups is 1. The normalized spacial score (nSPS) is 16.2. The van der Waals surface area contributed by atoms with Gasteiger partial charge in [-0.2, -0.15) is 4.99 Å². The number of carbonyl (C=O) groups is 1. The molecule has 0 radical (unpaired) electrons. The molecule has 1 N–H and O–H groups in total. The average molecular weight is 306 g/mol. The summed E-state index contributed by atoms with van der Waals surface area (Å²) in [5.74, 6) is 0.916. The number of thioether (sulfide) groups is 1. The number of hydrogen-bond donors (Lipinski definition) is 1. The molecule has 7 heteroatoms. The summed E-state index contributed by atoms with van der Waals surface area (Å²) in [6, 6.07) is 3.51. The first kappa shape index (κ1) is 15.5. The maximum atomic E-state index is 11.6. The van der Waals surface area contributed by atoms with Crippen molar-refractivity contribution in [2.45, 2.75) is 13.5 Å². The Morgan fingerprint density at radius 1 is 1.67 bits per heavy atom. The zero-order valence-corrected chi connectivity index (χ0v) is 12.7. The average Bonchev–Trinajstić information content (AvgIpc) is 2.89. The third kappa shape index (κ3) is 4.87. The molecule has 0 aliphatic carbocycles. The number of hydrogen-bond acceptors (Lipinski definition) is 4. The zero-order valence-electron chi connectivity index (χ0n) is 11.9. The predicted octanol–water partition coefficient (Wildman–Crippen LogP) is 2.12. The van der Waals surface area contributed by atoms with Crippen molar-refractivity contribution in [3.63, 3.8) is 0 Å². The summed E-state index contributed by atoms with van der Waals surface area (Å²) in [6.45, 7) is 7.26. The van der Waals surface area contributed by atoms with Crippen LogP contribution in [0.3, 0.4) is 0 Å². The summed E-state index contributed by atoms with van der Waals surface area (Å²) >= 11 is 1.56. The Balaban J connectivity index is 1.94. The number of hydroxylamine groups is 1. The monoisotopic (exact) mass is 306 g/mol. The highest BCUT2D eigenvalue weighted by atomic mass is 32.2. The van der Waals surface area contributed by atoms with E-state index in [1.807, 2.05) is 25.3 Å². The van der Waals surface area contributed by atoms with Gasteiger partial charge in [-0.25, -0.2) is 10.3 Å². The molecular formula is C14H18N4O2S. The number of amidine groups is 1. The lowest BCUT2D eigenvalue weighted by atomic mass is 10.2. The van der Waals surface area contributed by atoms with E-state index in [2.05, 4.69) is 26.9 Å². The van der Waals surface area contributed by atoms with Crippen LogP contribution in [-0.4, -0.2) is 40.0 Å². The highest BCUT2D eigenvalue weighted by Gasteiger charge is 2.20. The van der Waals surface area contributed by atoms with Crippen LogP contribution in [0.1, 0.15) is 11.3 Å². The van der Waals surface area contributed by atoms with E-state index in [1.165, 1.54) is 0 Å². The maximum absolute atomic E-state index is 11.6. The fourth-order valence-corrected chi connectivity index (χ4v) is 2.75. The second kappa shape index (κ2) is 7.80. The molecule has 2 amide bonds. The van der Waals surface area contributed by atoms with Crippen LogP contribution in [0.4, 0.5) is 4.79 Å². The Morgan fingerprint density at radius 2 is 2.52 bits per heavy atom. The van der Waals surface area contributed by atoms with Crippen LogP contribution in [0.25, 0.3) is 0 Å². The molecule has 1 aromatic rings. The molecule has 0 aromatic carbocycles. The van der Waals surface area contributed by atoms with Gasteiger partial charge in [0.1, 0.15) is 0 Å². The van der Waals surface area contributed by atoms with Crippen molar-refractivity contribution in [3.8, 4) is 0 Å². The molecule has 0 spiro atoms. The lowest BCUT2D eigenvalue weighted by Crippen LogP contribution is -2.27. The second-order valence-corrected chi connectivity index (χ2v) is 5.54. The lowest BCUT2D eigenvalue weighted by molar-refractivity contribution is 0.0855. The van der Waals surface area contributed by atoms with Crippen LogP contribution < -0.4 is 5.48 Å². The number of rotatable bonds is 5.